The van der Waals surface area contributed by atoms with Crippen molar-refractivity contribution in [1.82, 2.24) is 14.9 Å². The molecule has 3 aromatic rings. The van der Waals surface area contributed by atoms with Crippen LogP contribution in [-0.2, 0) is 6.54 Å². The summed E-state index contributed by atoms with van der Waals surface area (Å²) in [6.45, 7) is 6.17. The topological polar surface area (TPSA) is 69.2 Å². The highest BCUT2D eigenvalue weighted by molar-refractivity contribution is 7.17. The summed E-state index contributed by atoms with van der Waals surface area (Å²) >= 11 is 1.47. The highest BCUT2D eigenvalue weighted by Gasteiger charge is 2.19. The fourth-order valence-electron chi connectivity index (χ4n) is 2.82. The molecule has 0 amide bonds. The Morgan fingerprint density at radius 1 is 1.40 bits per heavy atom. The molecule has 6 heteroatoms. The van der Waals surface area contributed by atoms with Gasteiger partial charge in [-0.25, -0.2) is 4.98 Å². The summed E-state index contributed by atoms with van der Waals surface area (Å²) in [5.41, 5.74) is 0.795. The zero-order chi connectivity index (χ0) is 18.0. The van der Waals surface area contributed by atoms with Crippen molar-refractivity contribution < 1.29 is 5.11 Å². The van der Waals surface area contributed by atoms with Crippen LogP contribution < -0.4 is 5.56 Å². The molecule has 0 aliphatic carbocycles. The molecule has 0 radical (unpaired) electrons. The molecule has 5 nitrogen and oxygen atoms in total. The van der Waals surface area contributed by atoms with E-state index in [1.165, 1.54) is 17.4 Å². The standard InChI is InChI=1S/C19H21N3O2S/c1-4-19(2,24)12-22(3)10-15-20-17(23)16-14(11-25-18(16)21-15)13-8-6-5-7-9-13/h4-9,11,24H,1,10,12H2,2-3H3,(H,20,21,23). The van der Waals surface area contributed by atoms with E-state index in [0.29, 0.717) is 24.3 Å². The summed E-state index contributed by atoms with van der Waals surface area (Å²) in [5, 5.41) is 12.7. The minimum Gasteiger partial charge on any atom is -0.385 e. The van der Waals surface area contributed by atoms with Crippen molar-refractivity contribution in [2.45, 2.75) is 19.1 Å². The summed E-state index contributed by atoms with van der Waals surface area (Å²) in [7, 11) is 1.87. The number of benzene rings is 1. The lowest BCUT2D eigenvalue weighted by Gasteiger charge is -2.25. The lowest BCUT2D eigenvalue weighted by atomic mass is 10.1. The van der Waals surface area contributed by atoms with E-state index in [-0.39, 0.29) is 5.56 Å². The molecule has 3 rings (SSSR count). The highest BCUT2D eigenvalue weighted by atomic mass is 32.1. The summed E-state index contributed by atoms with van der Waals surface area (Å²) < 4.78 is 0. The third-order valence-electron chi connectivity index (χ3n) is 4.03. The Bertz CT molecular complexity index is 944. The Morgan fingerprint density at radius 2 is 2.12 bits per heavy atom. The summed E-state index contributed by atoms with van der Waals surface area (Å²) in [4.78, 5) is 22.7. The summed E-state index contributed by atoms with van der Waals surface area (Å²) in [6.07, 6.45) is 1.51. The van der Waals surface area contributed by atoms with E-state index in [4.69, 9.17) is 0 Å². The Labute approximate surface area is 150 Å². The maximum Gasteiger partial charge on any atom is 0.260 e. The van der Waals surface area contributed by atoms with Gasteiger partial charge in [-0.05, 0) is 19.5 Å². The maximum atomic E-state index is 12.6. The van der Waals surface area contributed by atoms with Gasteiger partial charge < -0.3 is 10.1 Å². The molecular formula is C19H21N3O2S. The van der Waals surface area contributed by atoms with Gasteiger partial charge in [0.05, 0.1) is 17.5 Å². The van der Waals surface area contributed by atoms with E-state index in [0.717, 1.165) is 16.0 Å². The van der Waals surface area contributed by atoms with Crippen LogP contribution in [0.4, 0.5) is 0 Å². The molecule has 2 heterocycles. The maximum absolute atomic E-state index is 12.6. The van der Waals surface area contributed by atoms with Gasteiger partial charge in [-0.15, -0.1) is 17.9 Å². The largest absolute Gasteiger partial charge is 0.385 e. The van der Waals surface area contributed by atoms with Crippen LogP contribution in [0.15, 0.2) is 53.2 Å². The van der Waals surface area contributed by atoms with E-state index >= 15 is 0 Å². The first-order valence-corrected chi connectivity index (χ1v) is 8.88. The molecule has 2 aromatic heterocycles. The molecule has 25 heavy (non-hydrogen) atoms. The Kier molecular flexibility index (Phi) is 4.85. The number of hydrogen-bond acceptors (Lipinski definition) is 5. The van der Waals surface area contributed by atoms with Crippen molar-refractivity contribution in [1.29, 1.82) is 0 Å². The molecule has 1 aromatic carbocycles. The third kappa shape index (κ3) is 3.87. The van der Waals surface area contributed by atoms with E-state index < -0.39 is 5.60 Å². The van der Waals surface area contributed by atoms with Gasteiger partial charge in [0.15, 0.2) is 0 Å². The van der Waals surface area contributed by atoms with Crippen molar-refractivity contribution >= 4 is 21.6 Å². The van der Waals surface area contributed by atoms with Gasteiger partial charge in [-0.2, -0.15) is 0 Å². The first-order valence-electron chi connectivity index (χ1n) is 8.00. The van der Waals surface area contributed by atoms with Crippen LogP contribution in [0.1, 0.15) is 12.7 Å². The van der Waals surface area contributed by atoms with Crippen LogP contribution in [-0.4, -0.2) is 39.2 Å². The molecule has 0 aliphatic rings. The van der Waals surface area contributed by atoms with Crippen LogP contribution in [0.5, 0.6) is 0 Å². The van der Waals surface area contributed by atoms with Gasteiger partial charge in [-0.3, -0.25) is 9.69 Å². The number of fused-ring (bicyclic) bond motifs is 1. The van der Waals surface area contributed by atoms with E-state index in [1.807, 2.05) is 47.7 Å². The molecule has 0 saturated heterocycles. The molecule has 130 valence electrons. The number of nitrogens with zero attached hydrogens (tertiary/aromatic N) is 2. The first-order chi connectivity index (χ1) is 11.9. The van der Waals surface area contributed by atoms with Gasteiger partial charge in [-0.1, -0.05) is 36.4 Å². The molecule has 0 spiro atoms. The Balaban J connectivity index is 1.91. The predicted molar refractivity (Wildman–Crippen MR) is 103 cm³/mol. The summed E-state index contributed by atoms with van der Waals surface area (Å²) in [5.74, 6) is 0.585. The SMILES string of the molecule is C=CC(C)(O)CN(C)Cc1nc2scc(-c3ccccc3)c2c(=O)[nH]1. The van der Waals surface area contributed by atoms with Crippen LogP contribution >= 0.6 is 11.3 Å². The first kappa shape index (κ1) is 17.5. The van der Waals surface area contributed by atoms with Crippen molar-refractivity contribution in [2.24, 2.45) is 0 Å². The van der Waals surface area contributed by atoms with Crippen molar-refractivity contribution in [2.75, 3.05) is 13.6 Å². The van der Waals surface area contributed by atoms with Crippen LogP contribution in [0.3, 0.4) is 0 Å². The van der Waals surface area contributed by atoms with Crippen molar-refractivity contribution in [3.05, 3.63) is 64.5 Å². The van der Waals surface area contributed by atoms with Gasteiger partial charge in [0, 0.05) is 17.5 Å². The molecule has 1 atom stereocenters. The fourth-order valence-corrected chi connectivity index (χ4v) is 3.79. The molecule has 0 saturated carbocycles. The predicted octanol–water partition coefficient (Wildman–Crippen LogP) is 3.02. The number of H-pyrrole nitrogens is 1. The molecule has 0 aliphatic heterocycles. The number of hydrogen-bond donors (Lipinski definition) is 2. The number of rotatable bonds is 6. The van der Waals surface area contributed by atoms with Gasteiger partial charge >= 0.3 is 0 Å². The van der Waals surface area contributed by atoms with Crippen molar-refractivity contribution in [3.8, 4) is 11.1 Å². The minimum atomic E-state index is -0.984. The third-order valence-corrected chi connectivity index (χ3v) is 4.90. The van der Waals surface area contributed by atoms with Gasteiger partial charge in [0.2, 0.25) is 0 Å². The van der Waals surface area contributed by atoms with Gasteiger partial charge in [0.25, 0.3) is 5.56 Å². The Hall–Kier alpha value is -2.28. The smallest absolute Gasteiger partial charge is 0.260 e. The number of likely N-dealkylation sites (N-methyl/N-ethyl adjacent to an activating group) is 1. The normalized spacial score (nSPS) is 13.9. The summed E-state index contributed by atoms with van der Waals surface area (Å²) in [6, 6.07) is 9.83. The zero-order valence-corrected chi connectivity index (χ0v) is 15.1. The molecular weight excluding hydrogens is 334 g/mol. The second-order valence-electron chi connectivity index (χ2n) is 6.44. The average molecular weight is 355 g/mol. The number of aromatic nitrogens is 2. The highest BCUT2D eigenvalue weighted by Crippen LogP contribution is 2.30. The second-order valence-corrected chi connectivity index (χ2v) is 7.30. The van der Waals surface area contributed by atoms with Gasteiger partial charge in [0.1, 0.15) is 10.7 Å². The minimum absolute atomic E-state index is 0.135. The Morgan fingerprint density at radius 3 is 2.80 bits per heavy atom. The second kappa shape index (κ2) is 6.92. The zero-order valence-electron chi connectivity index (χ0n) is 14.3. The average Bonchev–Trinajstić information content (AvgIpc) is 2.99. The van der Waals surface area contributed by atoms with E-state index in [2.05, 4.69) is 16.5 Å². The van der Waals surface area contributed by atoms with Crippen molar-refractivity contribution in [3.63, 3.8) is 0 Å². The lowest BCUT2D eigenvalue weighted by Crippen LogP contribution is -2.37. The van der Waals surface area contributed by atoms with E-state index in [1.54, 1.807) is 6.92 Å². The molecule has 1 unspecified atom stereocenters. The number of aromatic amines is 1. The molecule has 2 N–H and O–H groups in total. The van der Waals surface area contributed by atoms with Crippen LogP contribution in [0, 0.1) is 0 Å². The number of aliphatic hydroxyl groups is 1. The molecule has 0 fully saturated rings. The van der Waals surface area contributed by atoms with Crippen LogP contribution in [0.2, 0.25) is 0 Å². The number of nitrogens with one attached hydrogen (secondary N) is 1. The lowest BCUT2D eigenvalue weighted by molar-refractivity contribution is 0.0685. The number of thiophene rings is 1. The fraction of sp³-hybridized carbons (Fsp3) is 0.263. The quantitative estimate of drug-likeness (QED) is 0.667. The van der Waals surface area contributed by atoms with Crippen LogP contribution in [0.25, 0.3) is 21.3 Å². The monoisotopic (exact) mass is 355 g/mol. The molecule has 0 bridgehead atoms. The van der Waals surface area contributed by atoms with E-state index in [9.17, 15) is 9.90 Å².